The van der Waals surface area contributed by atoms with Crippen LogP contribution in [0.3, 0.4) is 0 Å². The third kappa shape index (κ3) is 31.5. The van der Waals surface area contributed by atoms with Crippen molar-refractivity contribution < 1.29 is 0 Å². The van der Waals surface area contributed by atoms with Gasteiger partial charge in [0.1, 0.15) is 0 Å². The van der Waals surface area contributed by atoms with E-state index in [1.807, 2.05) is 0 Å². The Morgan fingerprint density at radius 1 is 0.412 bits per heavy atom. The van der Waals surface area contributed by atoms with Crippen molar-refractivity contribution in [2.75, 3.05) is 82.6 Å². The van der Waals surface area contributed by atoms with Gasteiger partial charge in [0.05, 0.1) is 0 Å². The summed E-state index contributed by atoms with van der Waals surface area (Å²) in [6.45, 7) is 4.58. The molecule has 0 aromatic carbocycles. The summed E-state index contributed by atoms with van der Waals surface area (Å²) in [7, 11) is 16.7. The predicted molar refractivity (Wildman–Crippen MR) is 80.0 cm³/mol. The molecule has 4 nitrogen and oxygen atoms in total. The third-order valence-corrected chi connectivity index (χ3v) is 1.99. The molecule has 0 amide bonds. The summed E-state index contributed by atoms with van der Waals surface area (Å²) in [5, 5.41) is 0. The van der Waals surface area contributed by atoms with Crippen LogP contribution >= 0.6 is 0 Å². The molecule has 17 heavy (non-hydrogen) atoms. The smallest absolute Gasteiger partial charge is 0.0103 e. The minimum absolute atomic E-state index is 0. The Kier molecular flexibility index (Phi) is 19.3. The van der Waals surface area contributed by atoms with Crippen LogP contribution in [0.25, 0.3) is 0 Å². The zero-order valence-corrected chi connectivity index (χ0v) is 13.6. The molecule has 5 heteroatoms. The van der Waals surface area contributed by atoms with E-state index in [0.29, 0.717) is 0 Å². The number of rotatable bonds is 6. The van der Waals surface area contributed by atoms with Crippen LogP contribution in [0.1, 0.15) is 0 Å². The summed E-state index contributed by atoms with van der Waals surface area (Å²) < 4.78 is 0. The summed E-state index contributed by atoms with van der Waals surface area (Å²) >= 11 is 0. The van der Waals surface area contributed by atoms with Gasteiger partial charge in [-0.1, -0.05) is 0 Å². The Labute approximate surface area is 121 Å². The van der Waals surface area contributed by atoms with Gasteiger partial charge in [-0.15, -0.1) is 0 Å². The molecule has 0 spiro atoms. The van der Waals surface area contributed by atoms with Crippen molar-refractivity contribution in [1.29, 1.82) is 0 Å². The van der Waals surface area contributed by atoms with Crippen molar-refractivity contribution in [3.05, 3.63) is 0 Å². The summed E-state index contributed by atoms with van der Waals surface area (Å²) in [6, 6.07) is 0. The van der Waals surface area contributed by atoms with Crippen LogP contribution in [0, 0.1) is 0 Å². The summed E-state index contributed by atoms with van der Waals surface area (Å²) in [4.78, 5) is 8.72. The van der Waals surface area contributed by atoms with Crippen LogP contribution in [-0.4, -0.2) is 121 Å². The van der Waals surface area contributed by atoms with E-state index in [1.54, 1.807) is 0 Å². The largest absolute Gasteiger partial charge is 0.308 e. The molecule has 0 aliphatic carbocycles. The van der Waals surface area contributed by atoms with Crippen molar-refractivity contribution in [2.24, 2.45) is 0 Å². The zero-order chi connectivity index (χ0) is 13.1. The van der Waals surface area contributed by atoms with Crippen molar-refractivity contribution in [3.8, 4) is 0 Å². The standard InChI is InChI=1S/2C6H16N2.Li/c2*1-7(2)5-6-8(3)4;/h2*5-6H2,1-4H3;. The van der Waals surface area contributed by atoms with E-state index in [1.165, 1.54) is 0 Å². The van der Waals surface area contributed by atoms with Gasteiger partial charge < -0.3 is 19.6 Å². The summed E-state index contributed by atoms with van der Waals surface area (Å²) in [5.41, 5.74) is 0. The van der Waals surface area contributed by atoms with Crippen molar-refractivity contribution in [1.82, 2.24) is 19.6 Å². The number of nitrogens with zero attached hydrogens (tertiary/aromatic N) is 4. The molecule has 0 aromatic rings. The molecule has 0 aromatic heterocycles. The first kappa shape index (κ1) is 22.6. The van der Waals surface area contributed by atoms with Crippen molar-refractivity contribution in [3.63, 3.8) is 0 Å². The second-order valence-corrected chi connectivity index (χ2v) is 5.21. The first-order chi connectivity index (χ1) is 7.25. The Morgan fingerprint density at radius 2 is 0.529 bits per heavy atom. The van der Waals surface area contributed by atoms with Gasteiger partial charge in [-0.2, -0.15) is 0 Å². The van der Waals surface area contributed by atoms with Crippen molar-refractivity contribution >= 4 is 18.9 Å². The minimum atomic E-state index is 0. The van der Waals surface area contributed by atoms with Gasteiger partial charge in [0.25, 0.3) is 0 Å². The normalized spacial score (nSPS) is 10.6. The predicted octanol–water partition coefficient (Wildman–Crippen LogP) is -0.162. The zero-order valence-electron chi connectivity index (χ0n) is 13.6. The maximum Gasteiger partial charge on any atom is 0.0103 e. The summed E-state index contributed by atoms with van der Waals surface area (Å²) in [5.74, 6) is 0. The fourth-order valence-corrected chi connectivity index (χ4v) is 0.800. The van der Waals surface area contributed by atoms with E-state index in [-0.39, 0.29) is 18.9 Å². The molecule has 0 saturated heterocycles. The number of likely N-dealkylation sites (N-methyl/N-ethyl adjacent to an activating group) is 4. The number of hydrogen-bond donors (Lipinski definition) is 0. The molecule has 0 bridgehead atoms. The van der Waals surface area contributed by atoms with Gasteiger partial charge in [-0.25, -0.2) is 0 Å². The molecule has 101 valence electrons. The quantitative estimate of drug-likeness (QED) is 0.597. The molecule has 0 N–H and O–H groups in total. The van der Waals surface area contributed by atoms with E-state index < -0.39 is 0 Å². The van der Waals surface area contributed by atoms with E-state index >= 15 is 0 Å². The topological polar surface area (TPSA) is 13.0 Å². The monoisotopic (exact) mass is 239 g/mol. The van der Waals surface area contributed by atoms with E-state index in [0.717, 1.165) is 26.2 Å². The van der Waals surface area contributed by atoms with Gasteiger partial charge in [0, 0.05) is 45.0 Å². The van der Waals surface area contributed by atoms with E-state index in [2.05, 4.69) is 76.0 Å². The van der Waals surface area contributed by atoms with Crippen LogP contribution in [0.15, 0.2) is 0 Å². The van der Waals surface area contributed by atoms with Gasteiger partial charge >= 0.3 is 0 Å². The Hall–Kier alpha value is 0.437. The van der Waals surface area contributed by atoms with E-state index in [9.17, 15) is 0 Å². The Morgan fingerprint density at radius 3 is 0.588 bits per heavy atom. The second kappa shape index (κ2) is 14.5. The molecule has 0 heterocycles. The summed E-state index contributed by atoms with van der Waals surface area (Å²) in [6.07, 6.45) is 0. The maximum absolute atomic E-state index is 2.18. The minimum Gasteiger partial charge on any atom is -0.308 e. The molecule has 0 unspecified atom stereocenters. The number of hydrogen-bond acceptors (Lipinski definition) is 4. The molecular weight excluding hydrogens is 207 g/mol. The first-order valence-electron chi connectivity index (χ1n) is 5.84. The fraction of sp³-hybridized carbons (Fsp3) is 1.00. The second-order valence-electron chi connectivity index (χ2n) is 5.21. The van der Waals surface area contributed by atoms with Crippen molar-refractivity contribution in [2.45, 2.75) is 0 Å². The van der Waals surface area contributed by atoms with E-state index in [4.69, 9.17) is 0 Å². The van der Waals surface area contributed by atoms with Crippen LogP contribution < -0.4 is 0 Å². The van der Waals surface area contributed by atoms with Crippen LogP contribution in [0.4, 0.5) is 0 Å². The first-order valence-corrected chi connectivity index (χ1v) is 5.84. The maximum atomic E-state index is 2.18. The Balaban J connectivity index is -0.000000218. The molecular formula is C12H32LiN4. The van der Waals surface area contributed by atoms with Gasteiger partial charge in [-0.3, -0.25) is 0 Å². The third-order valence-electron chi connectivity index (χ3n) is 1.99. The van der Waals surface area contributed by atoms with Crippen LogP contribution in [0.5, 0.6) is 0 Å². The van der Waals surface area contributed by atoms with Crippen LogP contribution in [0.2, 0.25) is 0 Å². The van der Waals surface area contributed by atoms with Crippen LogP contribution in [-0.2, 0) is 0 Å². The Bertz CT molecular complexity index is 106. The molecule has 0 fully saturated rings. The average Bonchev–Trinajstić information content (AvgIpc) is 2.12. The van der Waals surface area contributed by atoms with Gasteiger partial charge in [0.2, 0.25) is 0 Å². The van der Waals surface area contributed by atoms with Gasteiger partial charge in [0.15, 0.2) is 0 Å². The average molecular weight is 239 g/mol. The molecule has 0 aliphatic heterocycles. The molecule has 0 rings (SSSR count). The molecule has 0 atom stereocenters. The fourth-order valence-electron chi connectivity index (χ4n) is 0.800. The molecule has 1 radical (unpaired) electrons. The molecule has 0 aliphatic rings. The molecule has 0 saturated carbocycles. The van der Waals surface area contributed by atoms with Gasteiger partial charge in [-0.05, 0) is 56.4 Å². The SMILES string of the molecule is CN(C)CCN(C)C.CN(C)CCN(C)C.[Li].